The number of hydrogen-bond acceptors (Lipinski definition) is 9. The molecule has 0 saturated heterocycles. The van der Waals surface area contributed by atoms with E-state index < -0.39 is 30.2 Å². The van der Waals surface area contributed by atoms with Crippen molar-refractivity contribution in [2.24, 2.45) is 21.1 Å². The molecule has 0 bridgehead atoms. The van der Waals surface area contributed by atoms with Crippen LogP contribution >= 0.6 is 34.8 Å². The van der Waals surface area contributed by atoms with Gasteiger partial charge in [-0.2, -0.15) is 15.3 Å². The quantitative estimate of drug-likeness (QED) is 0.137. The summed E-state index contributed by atoms with van der Waals surface area (Å²) in [6.07, 6.45) is 5.63. The fourth-order valence-corrected chi connectivity index (χ4v) is 8.20. The molecule has 2 N–H and O–H groups in total. The van der Waals surface area contributed by atoms with Crippen molar-refractivity contribution in [2.45, 2.75) is 110 Å². The van der Waals surface area contributed by atoms with Crippen LogP contribution < -0.4 is 14.7 Å². The summed E-state index contributed by atoms with van der Waals surface area (Å²) in [7, 11) is 5.42. The molecule has 18 heteroatoms. The van der Waals surface area contributed by atoms with Gasteiger partial charge in [-0.15, -0.1) is 19.7 Å². The zero-order valence-corrected chi connectivity index (χ0v) is 40.3. The fourth-order valence-electron chi connectivity index (χ4n) is 7.67. The largest absolute Gasteiger partial charge is 0.369 e. The third-order valence-electron chi connectivity index (χ3n) is 11.4. The standard InChI is InChI=1S/2C15H20ClN3O2.C15H18ClN3O2/c3*1-6-7-15(3,4)10-8-11(17-18(10)5)19-13(20)9(2)12(16)14(19)21/h6,8,14,21H,1,7H2,2-5H3;6,8,13,20H,1,7H2,2-5H3;6,8H,1,7H2,2-5H3. The lowest BCUT2D eigenvalue weighted by Gasteiger charge is -2.22. The first-order chi connectivity index (χ1) is 29.1. The first kappa shape index (κ1) is 50.6. The average Bonchev–Trinajstić information content (AvgIpc) is 4.01. The molecule has 0 saturated carbocycles. The van der Waals surface area contributed by atoms with Crippen molar-refractivity contribution in [1.29, 1.82) is 0 Å². The molecule has 3 aliphatic rings. The Hall–Kier alpha value is -5.06. The van der Waals surface area contributed by atoms with Gasteiger partial charge in [-0.1, -0.05) is 94.6 Å². The maximum atomic E-state index is 12.2. The third-order valence-corrected chi connectivity index (χ3v) is 12.7. The number of carbonyl (C=O) groups is 4. The van der Waals surface area contributed by atoms with Crippen LogP contribution in [0.3, 0.4) is 0 Å². The van der Waals surface area contributed by atoms with Crippen LogP contribution in [-0.4, -0.2) is 75.6 Å². The van der Waals surface area contributed by atoms with E-state index in [9.17, 15) is 29.4 Å². The molecule has 0 spiro atoms. The van der Waals surface area contributed by atoms with E-state index in [0.717, 1.165) is 41.2 Å². The molecule has 6 rings (SSSR count). The van der Waals surface area contributed by atoms with Gasteiger partial charge in [-0.25, -0.2) is 4.90 Å². The summed E-state index contributed by atoms with van der Waals surface area (Å²) in [6.45, 7) is 28.5. The lowest BCUT2D eigenvalue weighted by atomic mass is 9.85. The predicted molar refractivity (Wildman–Crippen MR) is 248 cm³/mol. The summed E-state index contributed by atoms with van der Waals surface area (Å²) < 4.78 is 5.13. The summed E-state index contributed by atoms with van der Waals surface area (Å²) in [5.41, 5.74) is 3.35. The highest BCUT2D eigenvalue weighted by Crippen LogP contribution is 2.37. The molecule has 0 aromatic carbocycles. The number of aliphatic hydroxyl groups excluding tert-OH is 2. The molecule has 3 aromatic rings. The van der Waals surface area contributed by atoms with Crippen molar-refractivity contribution >= 4 is 75.9 Å². The number of hydrogen-bond donors (Lipinski definition) is 2. The number of aliphatic hydroxyl groups is 2. The molecule has 4 amide bonds. The highest BCUT2D eigenvalue weighted by atomic mass is 35.5. The summed E-state index contributed by atoms with van der Waals surface area (Å²) in [6, 6.07) is 5.38. The Bertz CT molecular complexity index is 2330. The summed E-state index contributed by atoms with van der Waals surface area (Å²) in [5, 5.41) is 33.4. The highest BCUT2D eigenvalue weighted by molar-refractivity contribution is 6.52. The molecule has 3 aromatic heterocycles. The first-order valence-electron chi connectivity index (χ1n) is 20.1. The van der Waals surface area contributed by atoms with Gasteiger partial charge < -0.3 is 10.2 Å². The fraction of sp³-hybridized carbons (Fsp3) is 0.444. The van der Waals surface area contributed by atoms with Gasteiger partial charge in [0.1, 0.15) is 10.1 Å². The normalized spacial score (nSPS) is 18.5. The molecule has 15 nitrogen and oxygen atoms in total. The minimum absolute atomic E-state index is 0.0439. The Labute approximate surface area is 384 Å². The maximum Gasteiger partial charge on any atom is 0.278 e. The number of halogens is 3. The van der Waals surface area contributed by atoms with Gasteiger partial charge in [0.2, 0.25) is 0 Å². The molecule has 0 radical (unpaired) electrons. The number of nitrogens with zero attached hydrogens (tertiary/aromatic N) is 9. The van der Waals surface area contributed by atoms with Gasteiger partial charge >= 0.3 is 0 Å². The van der Waals surface area contributed by atoms with E-state index in [2.05, 4.69) is 76.6 Å². The topological polar surface area (TPSA) is 172 Å². The number of allylic oxidation sites excluding steroid dienone is 3. The number of rotatable bonds is 12. The number of aryl methyl sites for hydroxylation is 3. The van der Waals surface area contributed by atoms with E-state index in [4.69, 9.17) is 34.8 Å². The molecule has 0 fully saturated rings. The zero-order valence-electron chi connectivity index (χ0n) is 38.0. The second-order valence-corrected chi connectivity index (χ2v) is 18.8. The van der Waals surface area contributed by atoms with Crippen LogP contribution in [0.2, 0.25) is 0 Å². The lowest BCUT2D eigenvalue weighted by Crippen LogP contribution is -2.35. The Morgan fingerprint density at radius 3 is 1.24 bits per heavy atom. The van der Waals surface area contributed by atoms with Gasteiger partial charge in [0.25, 0.3) is 23.6 Å². The van der Waals surface area contributed by atoms with Crippen molar-refractivity contribution < 1.29 is 29.4 Å². The summed E-state index contributed by atoms with van der Waals surface area (Å²) >= 11 is 17.7. The van der Waals surface area contributed by atoms with E-state index in [1.165, 1.54) is 16.7 Å². The van der Waals surface area contributed by atoms with E-state index in [0.29, 0.717) is 28.6 Å². The molecule has 63 heavy (non-hydrogen) atoms. The van der Waals surface area contributed by atoms with E-state index >= 15 is 0 Å². The molecule has 2 unspecified atom stereocenters. The van der Waals surface area contributed by atoms with Crippen LogP contribution in [0, 0.1) is 0 Å². The Morgan fingerprint density at radius 1 is 0.571 bits per heavy atom. The Balaban J connectivity index is 0.000000207. The van der Waals surface area contributed by atoms with E-state index in [1.807, 2.05) is 44.5 Å². The number of imide groups is 1. The smallest absolute Gasteiger partial charge is 0.278 e. The molecular formula is C45H58Cl3N9O6. The first-order valence-corrected chi connectivity index (χ1v) is 21.2. The second kappa shape index (κ2) is 19.0. The zero-order chi connectivity index (χ0) is 47.8. The minimum atomic E-state index is -1.16. The van der Waals surface area contributed by atoms with Crippen molar-refractivity contribution in [3.8, 4) is 0 Å². The SMILES string of the molecule is C=CCC(C)(C)c1cc(N2C(=O)C(C)=C(Cl)C2=O)nn1C.C=CCC(C)(C)c1cc(N2C(=O)C(C)=C(Cl)C2O)nn1C.C=CCC(C)(C)c1cc(N2C(=O)C(Cl)=C(C)C2O)nn1C. The summed E-state index contributed by atoms with van der Waals surface area (Å²) in [5.74, 6) is -0.586. The van der Waals surface area contributed by atoms with Crippen LogP contribution in [0.4, 0.5) is 17.5 Å². The van der Waals surface area contributed by atoms with Gasteiger partial charge in [0.15, 0.2) is 29.9 Å². The lowest BCUT2D eigenvalue weighted by molar-refractivity contribution is -0.120. The molecule has 3 aliphatic heterocycles. The number of anilines is 3. The molecule has 0 aliphatic carbocycles. The van der Waals surface area contributed by atoms with Crippen LogP contribution in [-0.2, 0) is 56.6 Å². The summed E-state index contributed by atoms with van der Waals surface area (Å²) in [4.78, 5) is 52.0. The monoisotopic (exact) mass is 925 g/mol. The van der Waals surface area contributed by atoms with Gasteiger partial charge in [0.05, 0.1) is 5.03 Å². The number of carbonyl (C=O) groups excluding carboxylic acids is 4. The van der Waals surface area contributed by atoms with Crippen LogP contribution in [0.25, 0.3) is 0 Å². The highest BCUT2D eigenvalue weighted by Gasteiger charge is 2.41. The molecule has 340 valence electrons. The van der Waals surface area contributed by atoms with Crippen molar-refractivity contribution in [3.05, 3.63) is 105 Å². The third kappa shape index (κ3) is 9.72. The van der Waals surface area contributed by atoms with Gasteiger partial charge in [-0.05, 0) is 40.0 Å². The Morgan fingerprint density at radius 2 is 0.937 bits per heavy atom. The maximum absolute atomic E-state index is 12.2. The Kier molecular flexibility index (Phi) is 15.2. The van der Waals surface area contributed by atoms with E-state index in [-0.39, 0.29) is 42.8 Å². The number of aromatic nitrogens is 6. The molecule has 6 heterocycles. The molecular weight excluding hydrogens is 869 g/mol. The van der Waals surface area contributed by atoms with Gasteiger partial charge in [0, 0.05) is 89.4 Å². The molecule has 2 atom stereocenters. The predicted octanol–water partition coefficient (Wildman–Crippen LogP) is 7.56. The average molecular weight is 927 g/mol. The minimum Gasteiger partial charge on any atom is -0.369 e. The van der Waals surface area contributed by atoms with Gasteiger partial charge in [-0.3, -0.25) is 43.0 Å². The van der Waals surface area contributed by atoms with Crippen LogP contribution in [0.1, 0.15) is 98.7 Å². The van der Waals surface area contributed by atoms with Crippen molar-refractivity contribution in [1.82, 2.24) is 29.3 Å². The van der Waals surface area contributed by atoms with Crippen molar-refractivity contribution in [3.63, 3.8) is 0 Å². The second-order valence-electron chi connectivity index (χ2n) is 17.6. The van der Waals surface area contributed by atoms with Crippen LogP contribution in [0.15, 0.2) is 88.0 Å². The number of amides is 4. The van der Waals surface area contributed by atoms with Crippen LogP contribution in [0.5, 0.6) is 0 Å². The van der Waals surface area contributed by atoms with Crippen molar-refractivity contribution in [2.75, 3.05) is 14.7 Å². The van der Waals surface area contributed by atoms with E-state index in [1.54, 1.807) is 41.0 Å².